The van der Waals surface area contributed by atoms with Gasteiger partial charge in [0.2, 0.25) is 5.91 Å². The molecule has 0 aromatic heterocycles. The van der Waals surface area contributed by atoms with Crippen LogP contribution in [0.25, 0.3) is 0 Å². The molecule has 66 valence electrons. The average molecular weight is 169 g/mol. The molecule has 1 N–H and O–H groups in total. The van der Waals surface area contributed by atoms with Gasteiger partial charge in [-0.3, -0.25) is 14.4 Å². The fourth-order valence-electron chi connectivity index (χ4n) is 1.38. The molecule has 0 unspecified atom stereocenters. The van der Waals surface area contributed by atoms with Crippen LogP contribution >= 0.6 is 0 Å². The number of nitrogens with one attached hydrogen (secondary N) is 1. The number of hydrogen-bond donors (Lipinski definition) is 1. The Bertz CT molecular complexity index is 216. The number of carbonyl (C=O) groups excluding carboxylic acids is 3. The first kappa shape index (κ1) is 8.90. The lowest BCUT2D eigenvalue weighted by Gasteiger charge is -2.20. The van der Waals surface area contributed by atoms with E-state index in [0.29, 0.717) is 12.8 Å². The minimum Gasteiger partial charge on any atom is -0.353 e. The van der Waals surface area contributed by atoms with E-state index >= 15 is 0 Å². The maximum atomic E-state index is 10.9. The van der Waals surface area contributed by atoms with Gasteiger partial charge in [0.05, 0.1) is 6.42 Å². The smallest absolute Gasteiger partial charge is 0.217 e. The van der Waals surface area contributed by atoms with E-state index in [4.69, 9.17) is 0 Å². The van der Waals surface area contributed by atoms with E-state index in [9.17, 15) is 14.4 Å². The van der Waals surface area contributed by atoms with Crippen LogP contribution in [0.5, 0.6) is 0 Å². The number of rotatable bonds is 1. The van der Waals surface area contributed by atoms with Gasteiger partial charge in [0.1, 0.15) is 11.6 Å². The molecular weight excluding hydrogens is 158 g/mol. The van der Waals surface area contributed by atoms with Crippen LogP contribution in [0.2, 0.25) is 0 Å². The first-order valence-electron chi connectivity index (χ1n) is 3.88. The second kappa shape index (κ2) is 3.47. The summed E-state index contributed by atoms with van der Waals surface area (Å²) in [4.78, 5) is 32.4. The molecule has 0 radical (unpaired) electrons. The highest BCUT2D eigenvalue weighted by atomic mass is 16.2. The molecule has 1 amide bonds. The molecule has 0 atom stereocenters. The van der Waals surface area contributed by atoms with E-state index in [0.717, 1.165) is 0 Å². The number of amides is 1. The Labute approximate surface area is 70.3 Å². The number of carbonyl (C=O) groups is 3. The summed E-state index contributed by atoms with van der Waals surface area (Å²) in [6.45, 7) is 1.38. The summed E-state index contributed by atoms with van der Waals surface area (Å²) in [6.07, 6.45) is 0.632. The Balaban J connectivity index is 2.49. The second-order valence-corrected chi connectivity index (χ2v) is 3.06. The van der Waals surface area contributed by atoms with Gasteiger partial charge in [-0.25, -0.2) is 0 Å². The van der Waals surface area contributed by atoms with E-state index in [-0.39, 0.29) is 29.9 Å². The molecule has 0 aromatic rings. The van der Waals surface area contributed by atoms with Gasteiger partial charge < -0.3 is 5.32 Å². The van der Waals surface area contributed by atoms with Crippen molar-refractivity contribution < 1.29 is 14.4 Å². The summed E-state index contributed by atoms with van der Waals surface area (Å²) in [7, 11) is 0. The van der Waals surface area contributed by atoms with Gasteiger partial charge in [0, 0.05) is 25.8 Å². The Kier molecular flexibility index (Phi) is 2.58. The lowest BCUT2D eigenvalue weighted by Crippen LogP contribution is -2.40. The van der Waals surface area contributed by atoms with Gasteiger partial charge >= 0.3 is 0 Å². The highest BCUT2D eigenvalue weighted by molar-refractivity contribution is 6.02. The summed E-state index contributed by atoms with van der Waals surface area (Å²) in [6, 6.07) is -0.267. The van der Waals surface area contributed by atoms with Crippen LogP contribution in [0.1, 0.15) is 26.2 Å². The third kappa shape index (κ3) is 2.45. The van der Waals surface area contributed by atoms with E-state index in [1.807, 2.05) is 0 Å². The molecule has 1 aliphatic rings. The van der Waals surface area contributed by atoms with Gasteiger partial charge in [-0.2, -0.15) is 0 Å². The first-order valence-corrected chi connectivity index (χ1v) is 3.88. The van der Waals surface area contributed by atoms with Crippen LogP contribution in [0.3, 0.4) is 0 Å². The van der Waals surface area contributed by atoms with Crippen molar-refractivity contribution >= 4 is 17.5 Å². The van der Waals surface area contributed by atoms with Crippen LogP contribution in [0, 0.1) is 0 Å². The highest BCUT2D eigenvalue weighted by Gasteiger charge is 2.25. The van der Waals surface area contributed by atoms with Crippen molar-refractivity contribution in [2.75, 3.05) is 0 Å². The van der Waals surface area contributed by atoms with Gasteiger partial charge in [0.25, 0.3) is 0 Å². The topological polar surface area (TPSA) is 63.2 Å². The third-order valence-electron chi connectivity index (χ3n) is 1.75. The number of ketones is 2. The van der Waals surface area contributed by atoms with Crippen LogP contribution in [0.15, 0.2) is 0 Å². The number of Topliss-reactive ketones (excluding diaryl/α,β-unsaturated/α-hetero) is 2. The standard InChI is InChI=1S/C8H11NO3/c1-5(10)9-6-2-7(11)4-8(12)3-6/h6H,2-4H2,1H3,(H,9,10). The molecule has 4 heteroatoms. The summed E-state index contributed by atoms with van der Waals surface area (Å²) in [5.74, 6) is -0.350. The third-order valence-corrected chi connectivity index (χ3v) is 1.75. The van der Waals surface area contributed by atoms with E-state index in [1.165, 1.54) is 6.92 Å². The maximum absolute atomic E-state index is 10.9. The number of hydrogen-bond acceptors (Lipinski definition) is 3. The minimum atomic E-state index is -0.267. The van der Waals surface area contributed by atoms with Gasteiger partial charge in [0.15, 0.2) is 0 Å². The molecule has 1 saturated carbocycles. The maximum Gasteiger partial charge on any atom is 0.217 e. The predicted molar refractivity (Wildman–Crippen MR) is 41.5 cm³/mol. The molecule has 1 rings (SSSR count). The quantitative estimate of drug-likeness (QED) is 0.553. The Hall–Kier alpha value is -1.19. The lowest BCUT2D eigenvalue weighted by molar-refractivity contribution is -0.130. The van der Waals surface area contributed by atoms with E-state index in [2.05, 4.69) is 5.32 Å². The second-order valence-electron chi connectivity index (χ2n) is 3.06. The molecule has 0 saturated heterocycles. The fraction of sp³-hybridized carbons (Fsp3) is 0.625. The molecular formula is C8H11NO3. The molecule has 4 nitrogen and oxygen atoms in total. The van der Waals surface area contributed by atoms with Gasteiger partial charge in [-0.1, -0.05) is 0 Å². The summed E-state index contributed by atoms with van der Waals surface area (Å²) in [5, 5.41) is 2.56. The minimum absolute atomic E-state index is 0.0378. The molecule has 0 aliphatic heterocycles. The van der Waals surface area contributed by atoms with Crippen LogP contribution < -0.4 is 5.32 Å². The zero-order valence-corrected chi connectivity index (χ0v) is 6.92. The Morgan fingerprint density at radius 3 is 2.25 bits per heavy atom. The molecule has 0 heterocycles. The van der Waals surface area contributed by atoms with Gasteiger partial charge in [-0.15, -0.1) is 0 Å². The van der Waals surface area contributed by atoms with Crippen LogP contribution in [0.4, 0.5) is 0 Å². The van der Waals surface area contributed by atoms with Crippen molar-refractivity contribution in [1.82, 2.24) is 5.32 Å². The SMILES string of the molecule is CC(=O)NC1CC(=O)CC(=O)C1. The molecule has 0 spiro atoms. The molecule has 0 aromatic carbocycles. The normalized spacial score (nSPS) is 19.4. The monoisotopic (exact) mass is 169 g/mol. The molecule has 1 fully saturated rings. The summed E-state index contributed by atoms with van der Waals surface area (Å²) in [5.41, 5.74) is 0. The summed E-state index contributed by atoms with van der Waals surface area (Å²) < 4.78 is 0. The molecule has 12 heavy (non-hydrogen) atoms. The zero-order chi connectivity index (χ0) is 9.14. The van der Waals surface area contributed by atoms with Gasteiger partial charge in [-0.05, 0) is 0 Å². The van der Waals surface area contributed by atoms with Crippen molar-refractivity contribution in [1.29, 1.82) is 0 Å². The van der Waals surface area contributed by atoms with Crippen LogP contribution in [-0.2, 0) is 14.4 Å². The fourth-order valence-corrected chi connectivity index (χ4v) is 1.38. The van der Waals surface area contributed by atoms with Crippen molar-refractivity contribution in [3.05, 3.63) is 0 Å². The summed E-state index contributed by atoms with van der Waals surface area (Å²) >= 11 is 0. The molecule has 1 aliphatic carbocycles. The Morgan fingerprint density at radius 1 is 1.33 bits per heavy atom. The lowest BCUT2D eigenvalue weighted by atomic mass is 9.93. The van der Waals surface area contributed by atoms with E-state index < -0.39 is 0 Å². The first-order chi connectivity index (χ1) is 5.58. The van der Waals surface area contributed by atoms with Crippen molar-refractivity contribution in [2.24, 2.45) is 0 Å². The van der Waals surface area contributed by atoms with Crippen molar-refractivity contribution in [3.8, 4) is 0 Å². The highest BCUT2D eigenvalue weighted by Crippen LogP contribution is 2.11. The molecule has 0 bridgehead atoms. The van der Waals surface area contributed by atoms with Crippen LogP contribution in [-0.4, -0.2) is 23.5 Å². The van der Waals surface area contributed by atoms with E-state index in [1.54, 1.807) is 0 Å². The predicted octanol–water partition coefficient (Wildman–Crippen LogP) is -0.187. The average Bonchev–Trinajstić information content (AvgIpc) is 1.81. The Morgan fingerprint density at radius 2 is 1.83 bits per heavy atom. The zero-order valence-electron chi connectivity index (χ0n) is 6.92. The van der Waals surface area contributed by atoms with Crippen molar-refractivity contribution in [3.63, 3.8) is 0 Å². The van der Waals surface area contributed by atoms with Crippen molar-refractivity contribution in [2.45, 2.75) is 32.2 Å². The largest absolute Gasteiger partial charge is 0.353 e.